The Balaban J connectivity index is 1.45. The van der Waals surface area contributed by atoms with Gasteiger partial charge in [-0.15, -0.1) is 0 Å². The van der Waals surface area contributed by atoms with E-state index in [0.29, 0.717) is 43.1 Å². The van der Waals surface area contributed by atoms with Crippen LogP contribution in [0.4, 0.5) is 11.4 Å². The highest BCUT2D eigenvalue weighted by Crippen LogP contribution is 2.57. The minimum absolute atomic E-state index is 0.0611. The summed E-state index contributed by atoms with van der Waals surface area (Å²) in [7, 11) is 0. The first-order chi connectivity index (χ1) is 19.8. The third-order valence-corrected chi connectivity index (χ3v) is 9.14. The second-order valence-electron chi connectivity index (χ2n) is 11.3. The van der Waals surface area contributed by atoms with Crippen LogP contribution < -0.4 is 9.80 Å². The van der Waals surface area contributed by atoms with E-state index >= 15 is 0 Å². The van der Waals surface area contributed by atoms with Crippen LogP contribution in [0, 0.1) is 11.8 Å². The molecule has 2 saturated heterocycles. The van der Waals surface area contributed by atoms with Gasteiger partial charge < -0.3 is 24.5 Å². The van der Waals surface area contributed by atoms with Gasteiger partial charge in [-0.1, -0.05) is 66.2 Å². The Bertz CT molecular complexity index is 1410. The van der Waals surface area contributed by atoms with E-state index in [9.17, 15) is 19.5 Å². The molecule has 0 aromatic heterocycles. The molecule has 0 radical (unpaired) electrons. The summed E-state index contributed by atoms with van der Waals surface area (Å²) in [5.74, 6) is -2.47. The molecule has 1 N–H and O–H groups in total. The molecule has 5 atom stereocenters. The van der Waals surface area contributed by atoms with Crippen molar-refractivity contribution in [3.05, 3.63) is 83.9 Å². The molecule has 2 aromatic rings. The quantitative estimate of drug-likeness (QED) is 0.398. The van der Waals surface area contributed by atoms with Gasteiger partial charge in [0, 0.05) is 31.9 Å². The lowest BCUT2D eigenvalue weighted by atomic mass is 9.74. The number of carbonyl (C=O) groups is 3. The number of rotatable bonds is 7. The molecule has 41 heavy (non-hydrogen) atoms. The Morgan fingerprint density at radius 1 is 0.854 bits per heavy atom. The number of carbonyl (C=O) groups excluding carboxylic acids is 3. The molecule has 1 unspecified atom stereocenters. The number of halogens is 1. The fraction of sp³-hybridized carbons (Fsp3) is 0.406. The summed E-state index contributed by atoms with van der Waals surface area (Å²) in [4.78, 5) is 48.2. The van der Waals surface area contributed by atoms with Crippen molar-refractivity contribution in [2.45, 2.75) is 43.4 Å². The van der Waals surface area contributed by atoms with Crippen LogP contribution in [0.5, 0.6) is 0 Å². The molecule has 4 heterocycles. The van der Waals surface area contributed by atoms with Crippen LogP contribution >= 0.6 is 11.6 Å². The van der Waals surface area contributed by atoms with Crippen LogP contribution in [0.2, 0.25) is 5.02 Å². The first-order valence-corrected chi connectivity index (χ1v) is 14.6. The number of anilines is 2. The molecule has 2 fully saturated rings. The van der Waals surface area contributed by atoms with Crippen LogP contribution in [0.25, 0.3) is 0 Å². The highest BCUT2D eigenvalue weighted by Gasteiger charge is 2.74. The molecule has 9 heteroatoms. The molecule has 4 aliphatic rings. The number of aliphatic hydroxyl groups excluding tert-OH is 1. The van der Waals surface area contributed by atoms with Gasteiger partial charge in [0.2, 0.25) is 11.8 Å². The number of ether oxygens (including phenoxy) is 1. The fourth-order valence-electron chi connectivity index (χ4n) is 7.06. The van der Waals surface area contributed by atoms with Crippen molar-refractivity contribution in [2.75, 3.05) is 36.0 Å². The molecule has 1 spiro atoms. The van der Waals surface area contributed by atoms with Gasteiger partial charge in [0.15, 0.2) is 0 Å². The Morgan fingerprint density at radius 2 is 1.56 bits per heavy atom. The summed E-state index contributed by atoms with van der Waals surface area (Å²) < 4.78 is 6.89. The van der Waals surface area contributed by atoms with E-state index in [1.165, 1.54) is 0 Å². The van der Waals surface area contributed by atoms with Crippen molar-refractivity contribution in [3.8, 4) is 0 Å². The minimum Gasteiger partial charge on any atom is -0.396 e. The predicted octanol–water partition coefficient (Wildman–Crippen LogP) is 3.98. The van der Waals surface area contributed by atoms with Crippen molar-refractivity contribution in [1.29, 1.82) is 0 Å². The first-order valence-electron chi connectivity index (χ1n) is 14.2. The van der Waals surface area contributed by atoms with Crippen molar-refractivity contribution < 1.29 is 24.2 Å². The van der Waals surface area contributed by atoms with Crippen LogP contribution in [-0.4, -0.2) is 71.2 Å². The first kappa shape index (κ1) is 27.7. The van der Waals surface area contributed by atoms with E-state index in [1.807, 2.05) is 67.6 Å². The van der Waals surface area contributed by atoms with E-state index in [2.05, 4.69) is 0 Å². The summed E-state index contributed by atoms with van der Waals surface area (Å²) in [6.07, 6.45) is 9.41. The zero-order valence-corrected chi connectivity index (χ0v) is 23.7. The number of unbranched alkanes of at least 4 members (excludes halogenated alkanes) is 2. The number of fused-ring (bicyclic) bond motifs is 2. The molecule has 8 nitrogen and oxygen atoms in total. The maximum absolute atomic E-state index is 14.5. The lowest BCUT2D eigenvalue weighted by Crippen LogP contribution is -2.56. The summed E-state index contributed by atoms with van der Waals surface area (Å²) in [6.45, 7) is 2.83. The lowest BCUT2D eigenvalue weighted by molar-refractivity contribution is -0.144. The van der Waals surface area contributed by atoms with Crippen molar-refractivity contribution in [2.24, 2.45) is 11.8 Å². The van der Waals surface area contributed by atoms with E-state index in [-0.39, 0.29) is 30.9 Å². The standard InChI is InChI=1S/C32H34ClN3O5/c1-31-16-10-19-34(22-12-4-2-5-13-22)28(38)25(31)26-29(39)36(18-8-3-9-21-37)27-30(40)35(20-11-17-32(26,27)41-31)24-15-7-6-14-23(24)33/h2,4-7,10-17,25-27,37H,3,8-9,18-21H2,1H3/t25-,26-,27?,31+,32-/m0/s1. The van der Waals surface area contributed by atoms with E-state index in [4.69, 9.17) is 16.3 Å². The molecule has 0 bridgehead atoms. The molecule has 0 aliphatic carbocycles. The monoisotopic (exact) mass is 575 g/mol. The second-order valence-corrected chi connectivity index (χ2v) is 11.7. The topological polar surface area (TPSA) is 90.4 Å². The van der Waals surface area contributed by atoms with Gasteiger partial charge in [0.05, 0.1) is 28.1 Å². The maximum atomic E-state index is 14.5. The number of aliphatic hydroxyl groups is 1. The van der Waals surface area contributed by atoms with E-state index in [1.54, 1.807) is 32.9 Å². The predicted molar refractivity (Wildman–Crippen MR) is 157 cm³/mol. The number of hydrogen-bond acceptors (Lipinski definition) is 5. The molecular weight excluding hydrogens is 542 g/mol. The Labute approximate surface area is 244 Å². The van der Waals surface area contributed by atoms with E-state index < -0.39 is 29.1 Å². The summed E-state index contributed by atoms with van der Waals surface area (Å²) >= 11 is 6.53. The van der Waals surface area contributed by atoms with Gasteiger partial charge in [-0.25, -0.2) is 0 Å². The van der Waals surface area contributed by atoms with Crippen LogP contribution in [0.3, 0.4) is 0 Å². The minimum atomic E-state index is -1.33. The summed E-state index contributed by atoms with van der Waals surface area (Å²) in [5.41, 5.74) is -1.12. The van der Waals surface area contributed by atoms with E-state index in [0.717, 1.165) is 5.69 Å². The van der Waals surface area contributed by atoms with Gasteiger partial charge in [-0.05, 0) is 50.5 Å². The Morgan fingerprint density at radius 3 is 2.32 bits per heavy atom. The fourth-order valence-corrected chi connectivity index (χ4v) is 7.30. The smallest absolute Gasteiger partial charge is 0.253 e. The molecule has 214 valence electrons. The second kappa shape index (κ2) is 10.7. The molecular formula is C32H34ClN3O5. The number of nitrogens with zero attached hydrogens (tertiary/aromatic N) is 3. The van der Waals surface area contributed by atoms with Gasteiger partial charge in [-0.2, -0.15) is 0 Å². The summed E-state index contributed by atoms with van der Waals surface area (Å²) in [5, 5.41) is 9.73. The Kier molecular flexibility index (Phi) is 7.26. The maximum Gasteiger partial charge on any atom is 0.253 e. The average Bonchev–Trinajstić information content (AvgIpc) is 3.23. The number of amides is 3. The van der Waals surface area contributed by atoms with Crippen molar-refractivity contribution in [3.63, 3.8) is 0 Å². The molecule has 2 aromatic carbocycles. The zero-order valence-electron chi connectivity index (χ0n) is 23.0. The average molecular weight is 576 g/mol. The van der Waals surface area contributed by atoms with Crippen molar-refractivity contribution >= 4 is 40.7 Å². The molecule has 4 aliphatic heterocycles. The number of benzene rings is 2. The van der Waals surface area contributed by atoms with Gasteiger partial charge >= 0.3 is 0 Å². The van der Waals surface area contributed by atoms with Gasteiger partial charge in [0.25, 0.3) is 5.91 Å². The molecule has 0 saturated carbocycles. The third kappa shape index (κ3) is 4.40. The molecule has 3 amide bonds. The highest BCUT2D eigenvalue weighted by atomic mass is 35.5. The Hall–Kier alpha value is -3.46. The number of hydrogen-bond donors (Lipinski definition) is 1. The highest BCUT2D eigenvalue weighted by molar-refractivity contribution is 6.34. The van der Waals surface area contributed by atoms with Crippen molar-refractivity contribution in [1.82, 2.24) is 4.90 Å². The number of para-hydroxylation sites is 2. The van der Waals surface area contributed by atoms with Gasteiger partial charge in [-0.3, -0.25) is 14.4 Å². The van der Waals surface area contributed by atoms with Crippen LogP contribution in [0.15, 0.2) is 78.9 Å². The normalized spacial score (nSPS) is 30.8. The lowest BCUT2D eigenvalue weighted by Gasteiger charge is -2.37. The largest absolute Gasteiger partial charge is 0.396 e. The van der Waals surface area contributed by atoms with Crippen LogP contribution in [0.1, 0.15) is 26.2 Å². The summed E-state index contributed by atoms with van der Waals surface area (Å²) in [6, 6.07) is 15.6. The molecule has 6 rings (SSSR count). The third-order valence-electron chi connectivity index (χ3n) is 8.83. The number of likely N-dealkylation sites (tertiary alicyclic amines) is 1. The zero-order chi connectivity index (χ0) is 28.8. The van der Waals surface area contributed by atoms with Crippen LogP contribution in [-0.2, 0) is 19.1 Å². The van der Waals surface area contributed by atoms with Gasteiger partial charge in [0.1, 0.15) is 11.6 Å². The SMILES string of the molecule is C[C@@]12C=CCN(c3ccccc3)C(=O)[C@@H]1[C@H]1C(=O)N(CCCCCO)C3C(=O)N(c4ccccc4Cl)CC=C[C@@]31O2.